The van der Waals surface area contributed by atoms with Crippen LogP contribution in [0.15, 0.2) is 0 Å². The molecule has 0 aromatic rings. The van der Waals surface area contributed by atoms with Gasteiger partial charge in [0.05, 0.1) is 6.10 Å². The first kappa shape index (κ1) is 27.2. The molecule has 6 nitrogen and oxygen atoms in total. The molecule has 4 saturated carbocycles. The molecule has 0 saturated heterocycles. The summed E-state index contributed by atoms with van der Waals surface area (Å²) in [6.45, 7) is 4.99. The minimum Gasteiger partial charge on any atom is -0.743 e. The van der Waals surface area contributed by atoms with E-state index in [1.807, 2.05) is 6.92 Å². The van der Waals surface area contributed by atoms with E-state index in [1.54, 1.807) is 0 Å². The molecule has 4 fully saturated rings. The molecule has 9 atom stereocenters. The van der Waals surface area contributed by atoms with E-state index in [0.717, 1.165) is 25.2 Å². The van der Waals surface area contributed by atoms with Crippen molar-refractivity contribution >= 4 is 16.1 Å². The quantitative estimate of drug-likeness (QED) is 0.371. The first-order chi connectivity index (χ1) is 16.2. The predicted octanol–water partition coefficient (Wildman–Crippen LogP) is 5.10. The maximum absolute atomic E-state index is 13.3. The van der Waals surface area contributed by atoms with Gasteiger partial charge in [-0.2, -0.15) is 8.78 Å². The summed E-state index contributed by atoms with van der Waals surface area (Å²) in [6, 6.07) is 0. The predicted molar refractivity (Wildman–Crippen MR) is 125 cm³/mol. The Kier molecular flexibility index (Phi) is 7.39. The molecule has 35 heavy (non-hydrogen) atoms. The number of ether oxygens (including phenoxy) is 1. The molecule has 4 aliphatic carbocycles. The molecule has 0 spiro atoms. The van der Waals surface area contributed by atoms with E-state index in [4.69, 9.17) is 0 Å². The highest BCUT2D eigenvalue weighted by molar-refractivity contribution is 7.86. The smallest absolute Gasteiger partial charge is 0.367 e. The van der Waals surface area contributed by atoms with Gasteiger partial charge in [0, 0.05) is 6.42 Å². The number of aliphatic hydroxyl groups excluding tert-OH is 1. The van der Waals surface area contributed by atoms with Crippen molar-refractivity contribution in [3.05, 3.63) is 0 Å². The number of aliphatic hydroxyl groups is 1. The van der Waals surface area contributed by atoms with Crippen LogP contribution in [0.2, 0.25) is 0 Å². The van der Waals surface area contributed by atoms with E-state index in [0.29, 0.717) is 29.6 Å². The fraction of sp³-hybridized carbons (Fsp3) is 0.962. The van der Waals surface area contributed by atoms with Gasteiger partial charge in [0.2, 0.25) is 0 Å². The number of carbonyl (C=O) groups excluding carboxylic acids is 1. The second-order valence-corrected chi connectivity index (χ2v) is 14.0. The fourth-order valence-corrected chi connectivity index (χ4v) is 9.28. The van der Waals surface area contributed by atoms with Crippen LogP contribution in [0, 0.1) is 46.3 Å². The summed E-state index contributed by atoms with van der Waals surface area (Å²) in [5.41, 5.74) is 0.0998. The first-order valence-electron chi connectivity index (χ1n) is 13.4. The van der Waals surface area contributed by atoms with Gasteiger partial charge in [-0.05, 0) is 97.7 Å². The number of halogens is 2. The van der Waals surface area contributed by atoms with Crippen LogP contribution in [-0.4, -0.2) is 42.0 Å². The third-order valence-electron chi connectivity index (χ3n) is 11.0. The Labute approximate surface area is 208 Å². The molecular formula is C26H41F2O6S-. The Morgan fingerprint density at radius 2 is 1.86 bits per heavy atom. The van der Waals surface area contributed by atoms with Gasteiger partial charge in [0.1, 0.15) is 0 Å². The zero-order valence-corrected chi connectivity index (χ0v) is 22.0. The Balaban J connectivity index is 1.39. The van der Waals surface area contributed by atoms with E-state index in [-0.39, 0.29) is 23.7 Å². The molecule has 1 N–H and O–H groups in total. The molecule has 0 aliphatic heterocycles. The van der Waals surface area contributed by atoms with Gasteiger partial charge in [-0.1, -0.05) is 33.6 Å². The summed E-state index contributed by atoms with van der Waals surface area (Å²) in [6.07, 6.45) is 10.5. The Morgan fingerprint density at radius 3 is 2.54 bits per heavy atom. The number of esters is 1. The van der Waals surface area contributed by atoms with Crippen LogP contribution in [-0.2, 0) is 19.6 Å². The summed E-state index contributed by atoms with van der Waals surface area (Å²) in [7, 11) is -5.88. The first-order valence-corrected chi connectivity index (χ1v) is 14.8. The van der Waals surface area contributed by atoms with Crippen LogP contribution < -0.4 is 0 Å². The highest BCUT2D eigenvalue weighted by Crippen LogP contribution is 2.68. The molecule has 4 aliphatic rings. The van der Waals surface area contributed by atoms with Crippen LogP contribution in [0.5, 0.6) is 0 Å². The van der Waals surface area contributed by atoms with Crippen LogP contribution in [0.1, 0.15) is 91.4 Å². The maximum atomic E-state index is 13.3. The highest BCUT2D eigenvalue weighted by atomic mass is 32.2. The molecule has 0 heterocycles. The monoisotopic (exact) mass is 519 g/mol. The topological polar surface area (TPSA) is 104 Å². The lowest BCUT2D eigenvalue weighted by atomic mass is 9.44. The van der Waals surface area contributed by atoms with Crippen LogP contribution >= 0.6 is 0 Å². The van der Waals surface area contributed by atoms with Crippen LogP contribution in [0.3, 0.4) is 0 Å². The number of alkyl halides is 2. The minimum absolute atomic E-state index is 0.0779. The zero-order chi connectivity index (χ0) is 25.8. The van der Waals surface area contributed by atoms with Gasteiger partial charge in [0.25, 0.3) is 0 Å². The Hall–Kier alpha value is -0.800. The lowest BCUT2D eigenvalue weighted by Gasteiger charge is -2.62. The minimum atomic E-state index is -5.88. The lowest BCUT2D eigenvalue weighted by molar-refractivity contribution is -0.168. The molecule has 202 valence electrons. The summed E-state index contributed by atoms with van der Waals surface area (Å²) < 4.78 is 62.7. The van der Waals surface area contributed by atoms with Crippen molar-refractivity contribution in [1.29, 1.82) is 0 Å². The maximum Gasteiger partial charge on any atom is 0.367 e. The summed E-state index contributed by atoms with van der Waals surface area (Å²) in [5, 5.41) is 6.94. The molecule has 0 aromatic carbocycles. The van der Waals surface area contributed by atoms with Gasteiger partial charge >= 0.3 is 11.2 Å². The second-order valence-electron chi connectivity index (χ2n) is 12.5. The molecule has 0 radical (unpaired) electrons. The third kappa shape index (κ3) is 4.67. The number of hydrogen-bond acceptors (Lipinski definition) is 6. The van der Waals surface area contributed by atoms with Crippen molar-refractivity contribution in [2.45, 2.75) is 103 Å². The van der Waals surface area contributed by atoms with Gasteiger partial charge in [-0.15, -0.1) is 0 Å². The van der Waals surface area contributed by atoms with Gasteiger partial charge in [-0.25, -0.2) is 8.42 Å². The summed E-state index contributed by atoms with van der Waals surface area (Å²) >= 11 is 0. The van der Waals surface area contributed by atoms with Gasteiger partial charge in [0.15, 0.2) is 16.7 Å². The van der Waals surface area contributed by atoms with Gasteiger partial charge in [-0.3, -0.25) is 4.79 Å². The molecule has 0 unspecified atom stereocenters. The van der Waals surface area contributed by atoms with E-state index in [2.05, 4.69) is 18.6 Å². The second kappa shape index (κ2) is 9.50. The molecular weight excluding hydrogens is 478 g/mol. The van der Waals surface area contributed by atoms with Crippen molar-refractivity contribution in [3.8, 4) is 0 Å². The van der Waals surface area contributed by atoms with Crippen molar-refractivity contribution in [1.82, 2.24) is 0 Å². The van der Waals surface area contributed by atoms with Gasteiger partial charge < -0.3 is 14.4 Å². The van der Waals surface area contributed by atoms with Crippen molar-refractivity contribution in [3.63, 3.8) is 0 Å². The largest absolute Gasteiger partial charge is 0.743 e. The van der Waals surface area contributed by atoms with E-state index >= 15 is 0 Å². The standard InChI is InChI=1S/C26H42F2O6S/c1-16(7-12-23(30)34-15-26(27,28)35(31,32)33)19-10-11-20-18-9-8-17-6-4-5-13-24(17,2)21(18)14-22(29)25(19,20)3/h16-22,29H,4-15H2,1-3H3,(H,31,32,33)/p-1/t16-,17+,18+,19-,20+,21+,22+,24+,25-/m1/s1. The molecule has 0 bridgehead atoms. The molecule has 0 aromatic heterocycles. The van der Waals surface area contributed by atoms with E-state index in [1.165, 1.54) is 38.5 Å². The Morgan fingerprint density at radius 1 is 1.14 bits per heavy atom. The lowest BCUT2D eigenvalue weighted by Crippen LogP contribution is -2.58. The van der Waals surface area contributed by atoms with E-state index < -0.39 is 34.1 Å². The zero-order valence-electron chi connectivity index (χ0n) is 21.2. The number of hydrogen-bond donors (Lipinski definition) is 1. The molecule has 0 amide bonds. The fourth-order valence-electron chi connectivity index (χ4n) is 9.08. The van der Waals surface area contributed by atoms with Crippen LogP contribution in [0.4, 0.5) is 8.78 Å². The van der Waals surface area contributed by atoms with Crippen molar-refractivity contribution in [2.75, 3.05) is 6.61 Å². The average molecular weight is 520 g/mol. The van der Waals surface area contributed by atoms with Crippen LogP contribution in [0.25, 0.3) is 0 Å². The molecule has 4 rings (SSSR count). The third-order valence-corrected chi connectivity index (χ3v) is 11.9. The van der Waals surface area contributed by atoms with Crippen molar-refractivity contribution < 1.29 is 36.4 Å². The normalized spacial score (nSPS) is 42.5. The number of fused-ring (bicyclic) bond motifs is 5. The summed E-state index contributed by atoms with van der Waals surface area (Å²) in [5.74, 6) is 1.79. The Bertz CT molecular complexity index is 910. The molecule has 9 heteroatoms. The van der Waals surface area contributed by atoms with Crippen molar-refractivity contribution in [2.24, 2.45) is 46.3 Å². The van der Waals surface area contributed by atoms with E-state index in [9.17, 15) is 31.7 Å². The SMILES string of the molecule is C[C@H](CCC(=O)OCC(F)(F)S(=O)(=O)[O-])[C@H]1CC[C@H]2[C@@H]3CC[C@@H]4CCCC[C@]4(C)[C@H]3C[C@H](O)[C@]12C. The average Bonchev–Trinajstić information content (AvgIpc) is 3.14. The summed E-state index contributed by atoms with van der Waals surface area (Å²) in [4.78, 5) is 12.0. The highest BCUT2D eigenvalue weighted by Gasteiger charge is 2.63. The number of rotatable bonds is 7. The number of carbonyl (C=O) groups is 1.